The maximum absolute atomic E-state index is 12.2. The largest absolute Gasteiger partial charge is 0.497 e. The van der Waals surface area contributed by atoms with Crippen LogP contribution in [-0.2, 0) is 4.79 Å². The van der Waals surface area contributed by atoms with Crippen LogP contribution < -0.4 is 15.4 Å². The van der Waals surface area contributed by atoms with Crippen molar-refractivity contribution in [3.63, 3.8) is 0 Å². The van der Waals surface area contributed by atoms with Gasteiger partial charge >= 0.3 is 0 Å². The van der Waals surface area contributed by atoms with E-state index in [1.165, 1.54) is 5.56 Å². The summed E-state index contributed by atoms with van der Waals surface area (Å²) in [5.41, 5.74) is 4.14. The summed E-state index contributed by atoms with van der Waals surface area (Å²) in [4.78, 5) is 12.2. The van der Waals surface area contributed by atoms with Crippen molar-refractivity contribution in [2.45, 2.75) is 26.7 Å². The van der Waals surface area contributed by atoms with Crippen LogP contribution in [0.1, 0.15) is 30.9 Å². The molecule has 2 N–H and O–H groups in total. The van der Waals surface area contributed by atoms with Crippen LogP contribution in [0.2, 0.25) is 0 Å². The molecule has 0 unspecified atom stereocenters. The Bertz CT molecular complexity index is 681. The van der Waals surface area contributed by atoms with Crippen molar-refractivity contribution < 1.29 is 9.53 Å². The quantitative estimate of drug-likeness (QED) is 0.841. The monoisotopic (exact) mass is 312 g/mol. The minimum atomic E-state index is -0.0868. The molecule has 4 heteroatoms. The van der Waals surface area contributed by atoms with Gasteiger partial charge in [0.25, 0.3) is 0 Å². The highest BCUT2D eigenvalue weighted by molar-refractivity contribution is 5.94. The molecule has 0 aliphatic rings. The van der Waals surface area contributed by atoms with Crippen LogP contribution in [0, 0.1) is 6.92 Å². The Kier molecular flexibility index (Phi) is 5.63. The van der Waals surface area contributed by atoms with E-state index in [4.69, 9.17) is 4.74 Å². The molecule has 0 atom stereocenters. The molecule has 0 saturated carbocycles. The van der Waals surface area contributed by atoms with E-state index in [2.05, 4.69) is 30.5 Å². The lowest BCUT2D eigenvalue weighted by Gasteiger charge is -2.17. The smallest absolute Gasteiger partial charge is 0.243 e. The number of nitrogens with one attached hydrogen (secondary N) is 2. The summed E-state index contributed by atoms with van der Waals surface area (Å²) < 4.78 is 5.16. The van der Waals surface area contributed by atoms with Crippen LogP contribution in [0.3, 0.4) is 0 Å². The Labute approximate surface area is 137 Å². The number of amides is 1. The molecule has 0 heterocycles. The van der Waals surface area contributed by atoms with E-state index in [0.29, 0.717) is 5.92 Å². The molecule has 0 aliphatic heterocycles. The minimum absolute atomic E-state index is 0.0868. The zero-order valence-electron chi connectivity index (χ0n) is 14.1. The van der Waals surface area contributed by atoms with Crippen LogP contribution in [0.15, 0.2) is 42.5 Å². The molecule has 0 spiro atoms. The molecule has 1 amide bonds. The van der Waals surface area contributed by atoms with Crippen LogP contribution in [-0.4, -0.2) is 19.6 Å². The molecule has 0 bridgehead atoms. The Morgan fingerprint density at radius 1 is 1.17 bits per heavy atom. The summed E-state index contributed by atoms with van der Waals surface area (Å²) in [5, 5.41) is 6.14. The molecule has 2 aromatic carbocycles. The van der Waals surface area contributed by atoms with Gasteiger partial charge < -0.3 is 15.4 Å². The van der Waals surface area contributed by atoms with Crippen molar-refractivity contribution in [2.24, 2.45) is 0 Å². The third-order valence-corrected chi connectivity index (χ3v) is 3.71. The maximum atomic E-state index is 12.2. The summed E-state index contributed by atoms with van der Waals surface area (Å²) in [5.74, 6) is 1.03. The molecule has 2 aromatic rings. The Hall–Kier alpha value is -2.49. The van der Waals surface area contributed by atoms with Gasteiger partial charge in [0.05, 0.1) is 13.7 Å². The van der Waals surface area contributed by atoms with Crippen molar-refractivity contribution in [1.82, 2.24) is 0 Å². The molecule has 0 saturated heterocycles. The molecular formula is C19H24N2O2. The van der Waals surface area contributed by atoms with E-state index >= 15 is 0 Å². The summed E-state index contributed by atoms with van der Waals surface area (Å²) in [7, 11) is 1.61. The van der Waals surface area contributed by atoms with Crippen LogP contribution in [0.25, 0.3) is 0 Å². The van der Waals surface area contributed by atoms with Crippen molar-refractivity contribution in [3.05, 3.63) is 53.6 Å². The number of benzene rings is 2. The number of aryl methyl sites for hydroxylation is 1. The van der Waals surface area contributed by atoms with Crippen molar-refractivity contribution in [2.75, 3.05) is 24.3 Å². The highest BCUT2D eigenvalue weighted by Crippen LogP contribution is 2.27. The fourth-order valence-electron chi connectivity index (χ4n) is 2.49. The van der Waals surface area contributed by atoms with Gasteiger partial charge in [0.1, 0.15) is 5.75 Å². The van der Waals surface area contributed by atoms with E-state index < -0.39 is 0 Å². The van der Waals surface area contributed by atoms with E-state index in [0.717, 1.165) is 22.7 Å². The second-order valence-corrected chi connectivity index (χ2v) is 5.83. The standard InChI is InChI=1S/C19H24N2O2/c1-13(2)17-10-5-7-14(3)19(17)20-12-18(22)21-15-8-6-9-16(11-15)23-4/h5-11,13,20H,12H2,1-4H3,(H,21,22). The number of anilines is 2. The van der Waals surface area contributed by atoms with Crippen LogP contribution in [0.4, 0.5) is 11.4 Å². The highest BCUT2D eigenvalue weighted by Gasteiger charge is 2.10. The van der Waals surface area contributed by atoms with Gasteiger partial charge in [0, 0.05) is 17.4 Å². The van der Waals surface area contributed by atoms with Gasteiger partial charge in [-0.3, -0.25) is 4.79 Å². The molecule has 0 radical (unpaired) electrons. The number of hydrogen-bond donors (Lipinski definition) is 2. The van der Waals surface area contributed by atoms with Gasteiger partial charge in [-0.25, -0.2) is 0 Å². The maximum Gasteiger partial charge on any atom is 0.243 e. The molecule has 0 fully saturated rings. The summed E-state index contributed by atoms with van der Waals surface area (Å²) >= 11 is 0. The SMILES string of the molecule is COc1cccc(NC(=O)CNc2c(C)cccc2C(C)C)c1. The second-order valence-electron chi connectivity index (χ2n) is 5.83. The first-order chi connectivity index (χ1) is 11.0. The normalized spacial score (nSPS) is 10.5. The third kappa shape index (κ3) is 4.49. The van der Waals surface area contributed by atoms with Crippen molar-refractivity contribution in [1.29, 1.82) is 0 Å². The summed E-state index contributed by atoms with van der Waals surface area (Å²) in [6.07, 6.45) is 0. The predicted octanol–water partition coefficient (Wildman–Crippen LogP) is 4.18. The Balaban J connectivity index is 2.02. The number of methoxy groups -OCH3 is 1. The molecule has 4 nitrogen and oxygen atoms in total. The minimum Gasteiger partial charge on any atom is -0.497 e. The Morgan fingerprint density at radius 3 is 2.61 bits per heavy atom. The highest BCUT2D eigenvalue weighted by atomic mass is 16.5. The topological polar surface area (TPSA) is 50.4 Å². The first-order valence-electron chi connectivity index (χ1n) is 7.78. The number of rotatable bonds is 6. The number of carbonyl (C=O) groups excluding carboxylic acids is 1. The summed E-state index contributed by atoms with van der Waals surface area (Å²) in [6, 6.07) is 13.5. The van der Waals surface area contributed by atoms with E-state index in [9.17, 15) is 4.79 Å². The van der Waals surface area contributed by atoms with Gasteiger partial charge in [0.15, 0.2) is 0 Å². The Morgan fingerprint density at radius 2 is 1.91 bits per heavy atom. The molecular weight excluding hydrogens is 288 g/mol. The molecule has 0 aliphatic carbocycles. The lowest BCUT2D eigenvalue weighted by molar-refractivity contribution is -0.114. The predicted molar refractivity (Wildman–Crippen MR) is 95.4 cm³/mol. The summed E-state index contributed by atoms with van der Waals surface area (Å²) in [6.45, 7) is 6.57. The van der Waals surface area contributed by atoms with Crippen LogP contribution >= 0.6 is 0 Å². The number of carbonyl (C=O) groups is 1. The fourth-order valence-corrected chi connectivity index (χ4v) is 2.49. The van der Waals surface area contributed by atoms with Gasteiger partial charge in [-0.1, -0.05) is 38.1 Å². The average Bonchev–Trinajstić information content (AvgIpc) is 2.53. The molecule has 0 aromatic heterocycles. The number of hydrogen-bond acceptors (Lipinski definition) is 3. The van der Waals surface area contributed by atoms with E-state index in [1.54, 1.807) is 13.2 Å². The van der Waals surface area contributed by atoms with Gasteiger partial charge in [-0.05, 0) is 36.1 Å². The number of para-hydroxylation sites is 1. The van der Waals surface area contributed by atoms with Gasteiger partial charge in [-0.2, -0.15) is 0 Å². The van der Waals surface area contributed by atoms with Crippen molar-refractivity contribution >= 4 is 17.3 Å². The third-order valence-electron chi connectivity index (χ3n) is 3.71. The van der Waals surface area contributed by atoms with Gasteiger partial charge in [-0.15, -0.1) is 0 Å². The second kappa shape index (κ2) is 7.68. The number of ether oxygens (including phenoxy) is 1. The molecule has 23 heavy (non-hydrogen) atoms. The zero-order valence-corrected chi connectivity index (χ0v) is 14.1. The van der Waals surface area contributed by atoms with Gasteiger partial charge in [0.2, 0.25) is 5.91 Å². The molecule has 122 valence electrons. The fraction of sp³-hybridized carbons (Fsp3) is 0.316. The molecule has 2 rings (SSSR count). The first kappa shape index (κ1) is 16.9. The van der Waals surface area contributed by atoms with E-state index in [-0.39, 0.29) is 12.5 Å². The van der Waals surface area contributed by atoms with Crippen molar-refractivity contribution in [3.8, 4) is 5.75 Å². The zero-order chi connectivity index (χ0) is 16.8. The average molecular weight is 312 g/mol. The van der Waals surface area contributed by atoms with E-state index in [1.807, 2.05) is 37.3 Å². The van der Waals surface area contributed by atoms with Crippen LogP contribution in [0.5, 0.6) is 5.75 Å². The lowest BCUT2D eigenvalue weighted by Crippen LogP contribution is -2.22. The lowest BCUT2D eigenvalue weighted by atomic mass is 9.98. The first-order valence-corrected chi connectivity index (χ1v) is 7.78.